The number of carbonyl (C=O) groups is 1. The first-order chi connectivity index (χ1) is 8.46. The van der Waals surface area contributed by atoms with Crippen molar-refractivity contribution in [3.63, 3.8) is 0 Å². The van der Waals surface area contributed by atoms with Crippen LogP contribution in [0.5, 0.6) is 0 Å². The average Bonchev–Trinajstić information content (AvgIpc) is 2.46. The fourth-order valence-electron chi connectivity index (χ4n) is 2.42. The van der Waals surface area contributed by atoms with Gasteiger partial charge in [0.2, 0.25) is 0 Å². The zero-order chi connectivity index (χ0) is 14.6. The molecule has 2 N–H and O–H groups in total. The topological polar surface area (TPSA) is 76.0 Å². The predicted molar refractivity (Wildman–Crippen MR) is 72.1 cm³/mol. The van der Waals surface area contributed by atoms with Gasteiger partial charge in [-0.1, -0.05) is 20.8 Å². The lowest BCUT2D eigenvalue weighted by atomic mass is 9.82. The highest BCUT2D eigenvalue weighted by Gasteiger charge is 2.58. The van der Waals surface area contributed by atoms with Crippen LogP contribution in [0.15, 0.2) is 0 Å². The number of aliphatic hydroxyl groups is 2. The van der Waals surface area contributed by atoms with Crippen LogP contribution in [0.1, 0.15) is 33.6 Å². The molecule has 1 saturated carbocycles. The molecular formula is C13H24O5Si. The van der Waals surface area contributed by atoms with Crippen LogP contribution in [-0.2, 0) is 14.0 Å². The van der Waals surface area contributed by atoms with Crippen LogP contribution >= 0.6 is 0 Å². The number of fused-ring (bicyclic) bond motifs is 2. The molecule has 19 heavy (non-hydrogen) atoms. The molecule has 2 aliphatic rings. The molecule has 1 aliphatic carbocycles. The zero-order valence-corrected chi connectivity index (χ0v) is 13.3. The fourth-order valence-corrected chi connectivity index (χ4v) is 3.75. The Morgan fingerprint density at radius 3 is 2.47 bits per heavy atom. The van der Waals surface area contributed by atoms with E-state index in [2.05, 4.69) is 33.9 Å². The Bertz CT molecular complexity index is 389. The van der Waals surface area contributed by atoms with Gasteiger partial charge >= 0.3 is 5.97 Å². The first kappa shape index (κ1) is 15.0. The molecule has 0 amide bonds. The maximum Gasteiger partial charge on any atom is 0.338 e. The minimum absolute atomic E-state index is 0.0106. The molecule has 1 heterocycles. The van der Waals surface area contributed by atoms with Gasteiger partial charge in [0.25, 0.3) is 0 Å². The molecule has 0 unspecified atom stereocenters. The lowest BCUT2D eigenvalue weighted by Crippen LogP contribution is -2.55. The summed E-state index contributed by atoms with van der Waals surface area (Å²) < 4.78 is 11.2. The van der Waals surface area contributed by atoms with E-state index in [0.717, 1.165) is 0 Å². The number of rotatable bonds is 2. The molecular weight excluding hydrogens is 264 g/mol. The SMILES string of the molecule is CC(C)(C)[Si](C)(C)O[C@@H]1C[C@]2(O)C[C@@H](OC2=O)[C@H]1O. The van der Waals surface area contributed by atoms with Crippen molar-refractivity contribution in [1.82, 2.24) is 0 Å². The van der Waals surface area contributed by atoms with Crippen molar-refractivity contribution in [3.05, 3.63) is 0 Å². The highest BCUT2D eigenvalue weighted by molar-refractivity contribution is 6.74. The Hall–Kier alpha value is -0.433. The van der Waals surface area contributed by atoms with E-state index in [1.807, 2.05) is 0 Å². The number of esters is 1. The Morgan fingerprint density at radius 2 is 1.95 bits per heavy atom. The largest absolute Gasteiger partial charge is 0.457 e. The molecule has 2 bridgehead atoms. The fraction of sp³-hybridized carbons (Fsp3) is 0.923. The lowest BCUT2D eigenvalue weighted by Gasteiger charge is -2.43. The molecule has 1 saturated heterocycles. The standard InChI is InChI=1S/C13H24O5Si/c1-12(2,3)19(4,5)18-9-7-13(16)6-8(10(9)14)17-11(13)15/h8-10,14,16H,6-7H2,1-5H3/t8-,9-,10-,13-/m1/s1. The molecule has 6 heteroatoms. The van der Waals surface area contributed by atoms with Gasteiger partial charge in [0.1, 0.15) is 12.2 Å². The van der Waals surface area contributed by atoms with Crippen molar-refractivity contribution >= 4 is 14.3 Å². The van der Waals surface area contributed by atoms with Crippen molar-refractivity contribution in [3.8, 4) is 0 Å². The van der Waals surface area contributed by atoms with Gasteiger partial charge < -0.3 is 19.4 Å². The van der Waals surface area contributed by atoms with E-state index in [1.165, 1.54) is 0 Å². The summed E-state index contributed by atoms with van der Waals surface area (Å²) in [5, 5.41) is 20.5. The van der Waals surface area contributed by atoms with Crippen LogP contribution in [-0.4, -0.2) is 48.4 Å². The minimum Gasteiger partial charge on any atom is -0.457 e. The summed E-state index contributed by atoms with van der Waals surface area (Å²) in [6.45, 7) is 10.5. The van der Waals surface area contributed by atoms with E-state index < -0.39 is 38.2 Å². The molecule has 0 aromatic carbocycles. The third-order valence-corrected chi connectivity index (χ3v) is 9.23. The van der Waals surface area contributed by atoms with Gasteiger partial charge in [-0.15, -0.1) is 0 Å². The lowest BCUT2D eigenvalue weighted by molar-refractivity contribution is -0.154. The molecule has 110 valence electrons. The zero-order valence-electron chi connectivity index (χ0n) is 12.3. The average molecular weight is 288 g/mol. The van der Waals surface area contributed by atoms with Gasteiger partial charge in [-0.2, -0.15) is 0 Å². The summed E-state index contributed by atoms with van der Waals surface area (Å²) in [6, 6.07) is 0. The van der Waals surface area contributed by atoms with Crippen LogP contribution in [0.3, 0.4) is 0 Å². The van der Waals surface area contributed by atoms with Crippen LogP contribution in [0, 0.1) is 0 Å². The molecule has 0 aromatic rings. The summed E-state index contributed by atoms with van der Waals surface area (Å²) in [6.07, 6.45) is -1.72. The summed E-state index contributed by atoms with van der Waals surface area (Å²) in [5.74, 6) is -0.627. The van der Waals surface area contributed by atoms with Gasteiger partial charge in [0.15, 0.2) is 13.9 Å². The van der Waals surface area contributed by atoms with Crippen LogP contribution in [0.4, 0.5) is 0 Å². The quantitative estimate of drug-likeness (QED) is 0.589. The summed E-state index contributed by atoms with van der Waals surface area (Å²) in [5.41, 5.74) is -1.48. The maximum atomic E-state index is 11.6. The molecule has 2 rings (SSSR count). The number of hydrogen-bond acceptors (Lipinski definition) is 5. The molecule has 4 atom stereocenters. The van der Waals surface area contributed by atoms with Gasteiger partial charge in [0, 0.05) is 12.8 Å². The van der Waals surface area contributed by atoms with Gasteiger partial charge in [-0.05, 0) is 18.1 Å². The van der Waals surface area contributed by atoms with Gasteiger partial charge in [-0.25, -0.2) is 4.79 Å². The van der Waals surface area contributed by atoms with Crippen LogP contribution in [0.2, 0.25) is 18.1 Å². The summed E-state index contributed by atoms with van der Waals surface area (Å²) in [7, 11) is -2.06. The van der Waals surface area contributed by atoms with Crippen molar-refractivity contribution < 1.29 is 24.2 Å². The summed E-state index contributed by atoms with van der Waals surface area (Å²) >= 11 is 0. The van der Waals surface area contributed by atoms with E-state index in [0.29, 0.717) is 0 Å². The molecule has 5 nitrogen and oxygen atoms in total. The van der Waals surface area contributed by atoms with E-state index >= 15 is 0 Å². The van der Waals surface area contributed by atoms with Crippen molar-refractivity contribution in [1.29, 1.82) is 0 Å². The number of aliphatic hydroxyl groups excluding tert-OH is 1. The second-order valence-electron chi connectivity index (χ2n) is 7.29. The van der Waals surface area contributed by atoms with Crippen molar-refractivity contribution in [2.45, 2.75) is 75.7 Å². The molecule has 0 spiro atoms. The van der Waals surface area contributed by atoms with E-state index in [9.17, 15) is 15.0 Å². The van der Waals surface area contributed by atoms with Crippen LogP contribution < -0.4 is 0 Å². The second-order valence-corrected chi connectivity index (χ2v) is 12.0. The smallest absolute Gasteiger partial charge is 0.338 e. The van der Waals surface area contributed by atoms with E-state index in [1.54, 1.807) is 0 Å². The minimum atomic E-state index is -2.06. The Morgan fingerprint density at radius 1 is 1.37 bits per heavy atom. The number of ether oxygens (including phenoxy) is 1. The Balaban J connectivity index is 2.16. The number of hydrogen-bond donors (Lipinski definition) is 2. The summed E-state index contributed by atoms with van der Waals surface area (Å²) in [4.78, 5) is 11.6. The highest BCUT2D eigenvalue weighted by Crippen LogP contribution is 2.43. The second kappa shape index (κ2) is 4.28. The molecule has 0 aromatic heterocycles. The van der Waals surface area contributed by atoms with Gasteiger partial charge in [0.05, 0.1) is 6.10 Å². The maximum absolute atomic E-state index is 11.6. The van der Waals surface area contributed by atoms with Gasteiger partial charge in [-0.3, -0.25) is 0 Å². The third-order valence-electron chi connectivity index (χ3n) is 4.73. The Kier molecular flexibility index (Phi) is 3.37. The van der Waals surface area contributed by atoms with Crippen molar-refractivity contribution in [2.24, 2.45) is 0 Å². The highest BCUT2D eigenvalue weighted by atomic mass is 28.4. The molecule has 1 aliphatic heterocycles. The van der Waals surface area contributed by atoms with E-state index in [-0.39, 0.29) is 17.9 Å². The molecule has 2 fully saturated rings. The first-order valence-electron chi connectivity index (χ1n) is 6.76. The predicted octanol–water partition coefficient (Wildman–Crippen LogP) is 1.19. The number of carbonyl (C=O) groups excluding carboxylic acids is 1. The first-order valence-corrected chi connectivity index (χ1v) is 9.66. The Labute approximate surface area is 115 Å². The monoisotopic (exact) mass is 288 g/mol. The van der Waals surface area contributed by atoms with E-state index in [4.69, 9.17) is 9.16 Å². The molecule has 0 radical (unpaired) electrons. The van der Waals surface area contributed by atoms with Crippen molar-refractivity contribution in [2.75, 3.05) is 0 Å². The van der Waals surface area contributed by atoms with Crippen LogP contribution in [0.25, 0.3) is 0 Å². The third kappa shape index (κ3) is 2.46. The normalized spacial score (nSPS) is 39.3.